The number of carbonyl (C=O) groups is 4. The molecule has 8 heteroatoms. The van der Waals surface area contributed by atoms with Crippen molar-refractivity contribution in [2.45, 2.75) is 237 Å². The molecule has 49 heavy (non-hydrogen) atoms. The minimum atomic E-state index is -0.611. The first kappa shape index (κ1) is 47.5. The van der Waals surface area contributed by atoms with Crippen LogP contribution in [0.15, 0.2) is 0 Å². The predicted octanol–water partition coefficient (Wildman–Crippen LogP) is 8.84. The van der Waals surface area contributed by atoms with E-state index in [0.29, 0.717) is 64.2 Å². The van der Waals surface area contributed by atoms with E-state index in [1.165, 1.54) is 0 Å². The molecule has 4 atom stereocenters. The molecule has 4 unspecified atom stereocenters. The van der Waals surface area contributed by atoms with Crippen molar-refractivity contribution in [3.05, 3.63) is 0 Å². The van der Waals surface area contributed by atoms with E-state index in [1.807, 2.05) is 0 Å². The number of rotatable bonds is 38. The Labute approximate surface area is 299 Å². The quantitative estimate of drug-likeness (QED) is 0.0468. The average molecular weight is 697 g/mol. The molecule has 0 aliphatic carbocycles. The number of Topliss-reactive ketones (excluding diaryl/α,β-unsaturated/α-hetero) is 4. The second kappa shape index (κ2) is 33.7. The molecule has 0 aromatic carbocycles. The Morgan fingerprint density at radius 2 is 0.531 bits per heavy atom. The van der Waals surface area contributed by atoms with Crippen LogP contribution in [0.4, 0.5) is 0 Å². The van der Waals surface area contributed by atoms with Gasteiger partial charge in [0.05, 0.1) is 24.4 Å². The number of carbonyl (C=O) groups excluding carboxylic acids is 4. The van der Waals surface area contributed by atoms with Gasteiger partial charge in [-0.1, -0.05) is 110 Å². The molecular weight excluding hydrogens is 620 g/mol. The fraction of sp³-hybridized carbons (Fsp3) is 0.902. The monoisotopic (exact) mass is 697 g/mol. The van der Waals surface area contributed by atoms with Gasteiger partial charge in [-0.15, -0.1) is 0 Å². The molecule has 0 spiro atoms. The van der Waals surface area contributed by atoms with Crippen LogP contribution in [-0.2, 0) is 19.2 Å². The zero-order chi connectivity index (χ0) is 36.5. The Hall–Kier alpha value is -1.48. The average Bonchev–Trinajstić information content (AvgIpc) is 3.03. The minimum absolute atomic E-state index is 0.0628. The third-order valence-electron chi connectivity index (χ3n) is 9.53. The Kier molecular flexibility index (Phi) is 32.6. The summed E-state index contributed by atoms with van der Waals surface area (Å²) >= 11 is 0. The van der Waals surface area contributed by atoms with Gasteiger partial charge in [-0.2, -0.15) is 0 Å². The van der Waals surface area contributed by atoms with Gasteiger partial charge in [0, 0.05) is 51.4 Å². The third-order valence-corrected chi connectivity index (χ3v) is 9.53. The Bertz CT molecular complexity index is 762. The van der Waals surface area contributed by atoms with Crippen molar-refractivity contribution in [3.8, 4) is 0 Å². The highest BCUT2D eigenvalue weighted by Gasteiger charge is 2.14. The van der Waals surface area contributed by atoms with Gasteiger partial charge in [0.25, 0.3) is 0 Å². The van der Waals surface area contributed by atoms with Crippen LogP contribution in [0.1, 0.15) is 213 Å². The molecule has 0 aromatic rings. The summed E-state index contributed by atoms with van der Waals surface area (Å²) < 4.78 is 0. The lowest BCUT2D eigenvalue weighted by atomic mass is 9.99. The van der Waals surface area contributed by atoms with E-state index in [4.69, 9.17) is 0 Å². The second-order valence-corrected chi connectivity index (χ2v) is 14.8. The molecular formula is C41H76O8. The van der Waals surface area contributed by atoms with E-state index in [9.17, 15) is 39.6 Å². The van der Waals surface area contributed by atoms with E-state index in [2.05, 4.69) is 13.8 Å². The first-order chi connectivity index (χ1) is 23.6. The molecule has 288 valence electrons. The van der Waals surface area contributed by atoms with E-state index in [0.717, 1.165) is 109 Å². The van der Waals surface area contributed by atoms with Gasteiger partial charge in [0.2, 0.25) is 0 Å². The van der Waals surface area contributed by atoms with Gasteiger partial charge in [-0.05, 0) is 51.4 Å². The van der Waals surface area contributed by atoms with Crippen molar-refractivity contribution in [2.75, 3.05) is 0 Å². The molecule has 0 aliphatic rings. The van der Waals surface area contributed by atoms with Crippen molar-refractivity contribution < 1.29 is 39.6 Å². The fourth-order valence-corrected chi connectivity index (χ4v) is 6.41. The summed E-state index contributed by atoms with van der Waals surface area (Å²) in [5.41, 5.74) is 0. The molecule has 0 saturated heterocycles. The lowest BCUT2D eigenvalue weighted by Crippen LogP contribution is -2.14. The SMILES string of the molecule is CCCCCC(O)CC(=O)CCCCCCCC(O)CC(=O)CCCCCC(=O)CC(O)CCCCCCCC(=O)CC(O)CCCCC. The maximum Gasteiger partial charge on any atom is 0.135 e. The Morgan fingerprint density at radius 3 is 0.796 bits per heavy atom. The molecule has 0 aromatic heterocycles. The van der Waals surface area contributed by atoms with Crippen LogP contribution in [0.25, 0.3) is 0 Å². The van der Waals surface area contributed by atoms with Gasteiger partial charge in [0.1, 0.15) is 23.1 Å². The van der Waals surface area contributed by atoms with Crippen molar-refractivity contribution in [1.29, 1.82) is 0 Å². The number of hydrogen-bond acceptors (Lipinski definition) is 8. The van der Waals surface area contributed by atoms with Crippen LogP contribution in [0, 0.1) is 0 Å². The van der Waals surface area contributed by atoms with Crippen molar-refractivity contribution >= 4 is 23.1 Å². The zero-order valence-electron chi connectivity index (χ0n) is 31.7. The largest absolute Gasteiger partial charge is 0.393 e. The third kappa shape index (κ3) is 33.4. The summed E-state index contributed by atoms with van der Waals surface area (Å²) in [6.07, 6.45) is 21.0. The lowest BCUT2D eigenvalue weighted by molar-refractivity contribution is -0.122. The Morgan fingerprint density at radius 1 is 0.327 bits per heavy atom. The summed E-state index contributed by atoms with van der Waals surface area (Å²) in [7, 11) is 0. The minimum Gasteiger partial charge on any atom is -0.393 e. The first-order valence-corrected chi connectivity index (χ1v) is 20.4. The normalized spacial score (nSPS) is 14.0. The topological polar surface area (TPSA) is 149 Å². The van der Waals surface area contributed by atoms with Crippen molar-refractivity contribution in [3.63, 3.8) is 0 Å². The maximum atomic E-state index is 12.2. The summed E-state index contributed by atoms with van der Waals surface area (Å²) in [6, 6.07) is 0. The molecule has 4 N–H and O–H groups in total. The van der Waals surface area contributed by atoms with Crippen LogP contribution < -0.4 is 0 Å². The van der Waals surface area contributed by atoms with E-state index >= 15 is 0 Å². The van der Waals surface area contributed by atoms with E-state index < -0.39 is 24.4 Å². The number of unbranched alkanes of at least 4 members (excludes halogenated alkanes) is 14. The highest BCUT2D eigenvalue weighted by Crippen LogP contribution is 2.16. The van der Waals surface area contributed by atoms with Gasteiger partial charge in [0.15, 0.2) is 0 Å². The van der Waals surface area contributed by atoms with Gasteiger partial charge in [-0.25, -0.2) is 0 Å². The zero-order valence-corrected chi connectivity index (χ0v) is 31.7. The van der Waals surface area contributed by atoms with E-state index in [1.54, 1.807) is 0 Å². The summed E-state index contributed by atoms with van der Waals surface area (Å²) in [5, 5.41) is 40.3. The highest BCUT2D eigenvalue weighted by molar-refractivity contribution is 5.80. The molecule has 0 bridgehead atoms. The number of aliphatic hydroxyl groups excluding tert-OH is 4. The number of hydrogen-bond donors (Lipinski definition) is 4. The summed E-state index contributed by atoms with van der Waals surface area (Å²) in [6.45, 7) is 4.24. The number of aliphatic hydroxyl groups is 4. The maximum absolute atomic E-state index is 12.2. The van der Waals surface area contributed by atoms with E-state index in [-0.39, 0.29) is 48.8 Å². The molecule has 8 nitrogen and oxygen atoms in total. The standard InChI is InChI=1S/C41H76O8/c1-3-5-14-22-34(42)30-36(44)24-16-9-7-11-18-26-38(46)32-40(48)28-20-13-21-29-41(49)33-39(47)27-19-12-8-10-17-25-37(45)31-35(43)23-15-6-4-2/h34-35,38-39,42-43,46-47H,3-33H2,1-2H3. The van der Waals surface area contributed by atoms with Crippen molar-refractivity contribution in [2.24, 2.45) is 0 Å². The van der Waals surface area contributed by atoms with Crippen LogP contribution in [0.5, 0.6) is 0 Å². The smallest absolute Gasteiger partial charge is 0.135 e. The Balaban J connectivity index is 3.65. The first-order valence-electron chi connectivity index (χ1n) is 20.4. The van der Waals surface area contributed by atoms with Crippen LogP contribution >= 0.6 is 0 Å². The van der Waals surface area contributed by atoms with Crippen LogP contribution in [0.3, 0.4) is 0 Å². The van der Waals surface area contributed by atoms with Gasteiger partial charge < -0.3 is 20.4 Å². The summed E-state index contributed by atoms with van der Waals surface area (Å²) in [4.78, 5) is 48.5. The molecule has 0 saturated carbocycles. The molecule has 0 aliphatic heterocycles. The van der Waals surface area contributed by atoms with Crippen LogP contribution in [0.2, 0.25) is 0 Å². The van der Waals surface area contributed by atoms with Gasteiger partial charge in [-0.3, -0.25) is 19.2 Å². The van der Waals surface area contributed by atoms with Crippen LogP contribution in [-0.4, -0.2) is 68.0 Å². The van der Waals surface area contributed by atoms with Gasteiger partial charge >= 0.3 is 0 Å². The summed E-state index contributed by atoms with van der Waals surface area (Å²) in [5.74, 6) is 0.415. The number of ketones is 4. The van der Waals surface area contributed by atoms with Crippen molar-refractivity contribution in [1.82, 2.24) is 0 Å². The fourth-order valence-electron chi connectivity index (χ4n) is 6.41. The molecule has 0 radical (unpaired) electrons. The molecule has 0 fully saturated rings. The predicted molar refractivity (Wildman–Crippen MR) is 199 cm³/mol. The second-order valence-electron chi connectivity index (χ2n) is 14.8. The highest BCUT2D eigenvalue weighted by atomic mass is 16.3. The molecule has 0 amide bonds. The molecule has 0 rings (SSSR count). The lowest BCUT2D eigenvalue weighted by Gasteiger charge is -2.11. The molecule has 0 heterocycles.